The highest BCUT2D eigenvalue weighted by Gasteiger charge is 2.29. The largest absolute Gasteiger partial charge is 0.504 e. The maximum atomic E-state index is 12.8. The van der Waals surface area contributed by atoms with E-state index in [1.54, 1.807) is 24.3 Å². The van der Waals surface area contributed by atoms with Crippen LogP contribution in [0.25, 0.3) is 22.3 Å². The van der Waals surface area contributed by atoms with Gasteiger partial charge in [0.15, 0.2) is 17.1 Å². The lowest BCUT2D eigenvalue weighted by atomic mass is 10.1. The highest BCUT2D eigenvalue weighted by atomic mass is 16.5. The van der Waals surface area contributed by atoms with Crippen LogP contribution in [0, 0.1) is 0 Å². The SMILES string of the molecule is COc1ccccc1-c1oc2c(OC)c(OC)c(OC)c(O)c2c(=O)c1O. The van der Waals surface area contributed by atoms with E-state index in [0.717, 1.165) is 0 Å². The zero-order valence-corrected chi connectivity index (χ0v) is 15.2. The smallest absolute Gasteiger partial charge is 0.239 e. The quantitative estimate of drug-likeness (QED) is 0.702. The Hall–Kier alpha value is -3.55. The van der Waals surface area contributed by atoms with Crippen molar-refractivity contribution in [3.8, 4) is 45.8 Å². The number of methoxy groups -OCH3 is 4. The second-order valence-corrected chi connectivity index (χ2v) is 5.46. The van der Waals surface area contributed by atoms with Gasteiger partial charge in [0.25, 0.3) is 0 Å². The fourth-order valence-corrected chi connectivity index (χ4v) is 2.90. The molecule has 0 aliphatic rings. The Bertz CT molecular complexity index is 1070. The van der Waals surface area contributed by atoms with Crippen LogP contribution in [-0.4, -0.2) is 38.7 Å². The molecule has 0 spiro atoms. The number of phenols is 1. The lowest BCUT2D eigenvalue weighted by Gasteiger charge is -2.17. The van der Waals surface area contributed by atoms with E-state index in [-0.39, 0.29) is 34.0 Å². The summed E-state index contributed by atoms with van der Waals surface area (Å²) in [5.74, 6) is -0.981. The van der Waals surface area contributed by atoms with E-state index in [9.17, 15) is 15.0 Å². The van der Waals surface area contributed by atoms with Crippen molar-refractivity contribution in [1.29, 1.82) is 0 Å². The Morgan fingerprint density at radius 2 is 1.44 bits per heavy atom. The molecule has 0 saturated heterocycles. The average Bonchev–Trinajstić information content (AvgIpc) is 2.69. The molecule has 8 nitrogen and oxygen atoms in total. The summed E-state index contributed by atoms with van der Waals surface area (Å²) in [7, 11) is 5.46. The Kier molecular flexibility index (Phi) is 4.72. The van der Waals surface area contributed by atoms with Crippen molar-refractivity contribution in [1.82, 2.24) is 0 Å². The zero-order chi connectivity index (χ0) is 19.7. The minimum absolute atomic E-state index is 0.0374. The maximum Gasteiger partial charge on any atom is 0.239 e. The molecule has 0 amide bonds. The lowest BCUT2D eigenvalue weighted by Crippen LogP contribution is -2.06. The molecule has 0 unspecified atom stereocenters. The van der Waals surface area contributed by atoms with Crippen LogP contribution >= 0.6 is 0 Å². The molecule has 0 atom stereocenters. The number of fused-ring (bicyclic) bond motifs is 1. The van der Waals surface area contributed by atoms with Crippen molar-refractivity contribution in [2.45, 2.75) is 0 Å². The Morgan fingerprint density at radius 3 is 2.04 bits per heavy atom. The van der Waals surface area contributed by atoms with Crippen molar-refractivity contribution in [2.75, 3.05) is 28.4 Å². The van der Waals surface area contributed by atoms with Crippen LogP contribution in [0.5, 0.6) is 34.5 Å². The molecule has 8 heteroatoms. The molecule has 0 radical (unpaired) electrons. The molecule has 0 fully saturated rings. The van der Waals surface area contributed by atoms with Crippen molar-refractivity contribution < 1.29 is 33.6 Å². The van der Waals surface area contributed by atoms with Gasteiger partial charge in [-0.1, -0.05) is 12.1 Å². The normalized spacial score (nSPS) is 10.7. The van der Waals surface area contributed by atoms with Gasteiger partial charge < -0.3 is 33.6 Å². The number of para-hydroxylation sites is 1. The molecule has 1 heterocycles. The minimum atomic E-state index is -0.853. The first-order valence-corrected chi connectivity index (χ1v) is 7.84. The fourth-order valence-electron chi connectivity index (χ4n) is 2.90. The van der Waals surface area contributed by atoms with Crippen molar-refractivity contribution in [3.63, 3.8) is 0 Å². The van der Waals surface area contributed by atoms with Crippen LogP contribution in [0.2, 0.25) is 0 Å². The van der Waals surface area contributed by atoms with Gasteiger partial charge in [0.05, 0.1) is 34.0 Å². The van der Waals surface area contributed by atoms with E-state index >= 15 is 0 Å². The lowest BCUT2D eigenvalue weighted by molar-refractivity contribution is 0.311. The standard InChI is InChI=1S/C19H18O8/c1-23-10-8-6-5-7-9(10)15-14(22)12(20)11-13(21)17(24-2)19(26-4)18(25-3)16(11)27-15/h5-8,21-22H,1-4H3. The van der Waals surface area contributed by atoms with Gasteiger partial charge in [-0.15, -0.1) is 0 Å². The van der Waals surface area contributed by atoms with E-state index in [0.29, 0.717) is 11.3 Å². The zero-order valence-electron chi connectivity index (χ0n) is 15.2. The Labute approximate surface area is 154 Å². The predicted octanol–water partition coefficient (Wildman–Crippen LogP) is 2.91. The first-order chi connectivity index (χ1) is 13.0. The average molecular weight is 374 g/mol. The maximum absolute atomic E-state index is 12.8. The molecule has 0 saturated carbocycles. The van der Waals surface area contributed by atoms with Crippen molar-refractivity contribution in [3.05, 3.63) is 34.5 Å². The van der Waals surface area contributed by atoms with E-state index in [4.69, 9.17) is 23.4 Å². The Morgan fingerprint density at radius 1 is 0.815 bits per heavy atom. The van der Waals surface area contributed by atoms with Gasteiger partial charge >= 0.3 is 0 Å². The van der Waals surface area contributed by atoms with Crippen LogP contribution in [0.4, 0.5) is 0 Å². The molecule has 0 aliphatic heterocycles. The Balaban J connectivity index is 2.52. The predicted molar refractivity (Wildman–Crippen MR) is 97.5 cm³/mol. The number of aromatic hydroxyl groups is 2. The van der Waals surface area contributed by atoms with Crippen molar-refractivity contribution >= 4 is 11.0 Å². The molecule has 3 rings (SSSR count). The highest BCUT2D eigenvalue weighted by Crippen LogP contribution is 2.51. The molecule has 27 heavy (non-hydrogen) atoms. The van der Waals surface area contributed by atoms with Crippen LogP contribution in [0.15, 0.2) is 33.5 Å². The second kappa shape index (κ2) is 6.99. The summed E-state index contributed by atoms with van der Waals surface area (Å²) in [6.07, 6.45) is 0. The molecule has 0 aliphatic carbocycles. The van der Waals surface area contributed by atoms with Crippen LogP contribution in [0.1, 0.15) is 0 Å². The third-order valence-corrected chi connectivity index (χ3v) is 4.12. The molecule has 0 bridgehead atoms. The monoisotopic (exact) mass is 374 g/mol. The molecule has 142 valence electrons. The van der Waals surface area contributed by atoms with E-state index < -0.39 is 16.9 Å². The molecule has 3 aromatic rings. The number of ether oxygens (including phenoxy) is 4. The number of rotatable bonds is 5. The summed E-state index contributed by atoms with van der Waals surface area (Å²) in [6, 6.07) is 6.71. The molecular weight excluding hydrogens is 356 g/mol. The summed E-state index contributed by atoms with van der Waals surface area (Å²) in [6.45, 7) is 0. The molecular formula is C19H18O8. The van der Waals surface area contributed by atoms with Crippen LogP contribution in [-0.2, 0) is 0 Å². The number of hydrogen-bond acceptors (Lipinski definition) is 8. The fraction of sp³-hybridized carbons (Fsp3) is 0.211. The summed E-state index contributed by atoms with van der Waals surface area (Å²) in [4.78, 5) is 12.8. The van der Waals surface area contributed by atoms with Gasteiger partial charge in [0.1, 0.15) is 11.1 Å². The van der Waals surface area contributed by atoms with E-state index in [1.165, 1.54) is 28.4 Å². The van der Waals surface area contributed by atoms with E-state index in [2.05, 4.69) is 0 Å². The third kappa shape index (κ3) is 2.66. The second-order valence-electron chi connectivity index (χ2n) is 5.46. The third-order valence-electron chi connectivity index (χ3n) is 4.12. The van der Waals surface area contributed by atoms with Crippen LogP contribution in [0.3, 0.4) is 0 Å². The summed E-state index contributed by atoms with van der Waals surface area (Å²) in [5.41, 5.74) is -0.599. The number of hydrogen-bond donors (Lipinski definition) is 2. The van der Waals surface area contributed by atoms with Gasteiger partial charge in [-0.2, -0.15) is 0 Å². The first kappa shape index (κ1) is 18.2. The van der Waals surface area contributed by atoms with E-state index in [1.807, 2.05) is 0 Å². The van der Waals surface area contributed by atoms with Gasteiger partial charge in [-0.25, -0.2) is 0 Å². The summed E-state index contributed by atoms with van der Waals surface area (Å²) >= 11 is 0. The number of benzene rings is 2. The van der Waals surface area contributed by atoms with Gasteiger partial charge in [-0.3, -0.25) is 4.79 Å². The number of phenolic OH excluding ortho intramolecular Hbond substituents is 1. The summed E-state index contributed by atoms with van der Waals surface area (Å²) < 4.78 is 26.8. The van der Waals surface area contributed by atoms with Gasteiger partial charge in [0.2, 0.25) is 28.4 Å². The first-order valence-electron chi connectivity index (χ1n) is 7.84. The van der Waals surface area contributed by atoms with Crippen LogP contribution < -0.4 is 24.4 Å². The molecule has 1 aromatic heterocycles. The van der Waals surface area contributed by atoms with Crippen molar-refractivity contribution in [2.24, 2.45) is 0 Å². The topological polar surface area (TPSA) is 108 Å². The minimum Gasteiger partial charge on any atom is -0.504 e. The molecule has 2 aromatic carbocycles. The highest BCUT2D eigenvalue weighted by molar-refractivity contribution is 5.96. The summed E-state index contributed by atoms with van der Waals surface area (Å²) in [5, 5.41) is 20.7. The van der Waals surface area contributed by atoms with Gasteiger partial charge in [0, 0.05) is 0 Å². The van der Waals surface area contributed by atoms with Gasteiger partial charge in [-0.05, 0) is 12.1 Å². The molecule has 2 N–H and O–H groups in total.